The first kappa shape index (κ1) is 19.3. The van der Waals surface area contributed by atoms with E-state index < -0.39 is 5.63 Å². The van der Waals surface area contributed by atoms with Crippen molar-refractivity contribution in [1.82, 2.24) is 0 Å². The fraction of sp³-hybridized carbons (Fsp3) is 0.130. The van der Waals surface area contributed by atoms with Crippen LogP contribution in [0.4, 0.5) is 0 Å². The third-order valence-corrected chi connectivity index (χ3v) is 4.79. The van der Waals surface area contributed by atoms with Crippen LogP contribution >= 0.6 is 0 Å². The van der Waals surface area contributed by atoms with Crippen LogP contribution in [0.25, 0.3) is 21.7 Å². The van der Waals surface area contributed by atoms with E-state index in [-0.39, 0.29) is 6.61 Å². The van der Waals surface area contributed by atoms with Crippen molar-refractivity contribution >= 4 is 27.5 Å². The molecule has 0 unspecified atom stereocenters. The summed E-state index contributed by atoms with van der Waals surface area (Å²) >= 11 is 0. The number of benzene rings is 3. The van der Waals surface area contributed by atoms with Gasteiger partial charge in [0.2, 0.25) is 0 Å². The van der Waals surface area contributed by atoms with Crippen molar-refractivity contribution in [3.05, 3.63) is 76.6 Å². The minimum Gasteiger partial charge on any atom is -0.497 e. The number of oxime groups is 1. The van der Waals surface area contributed by atoms with Crippen LogP contribution in [0.3, 0.4) is 0 Å². The third-order valence-electron chi connectivity index (χ3n) is 4.79. The molecule has 30 heavy (non-hydrogen) atoms. The van der Waals surface area contributed by atoms with Gasteiger partial charge in [-0.05, 0) is 42.5 Å². The molecule has 0 saturated heterocycles. The molecule has 1 aromatic heterocycles. The van der Waals surface area contributed by atoms with Crippen molar-refractivity contribution < 1.29 is 23.8 Å². The van der Waals surface area contributed by atoms with Gasteiger partial charge in [0.15, 0.2) is 0 Å². The Balaban J connectivity index is 1.63. The first-order valence-electron chi connectivity index (χ1n) is 9.15. The number of rotatable bonds is 6. The lowest BCUT2D eigenvalue weighted by atomic mass is 10.1. The van der Waals surface area contributed by atoms with Crippen molar-refractivity contribution in [1.29, 1.82) is 0 Å². The summed E-state index contributed by atoms with van der Waals surface area (Å²) in [5, 5.41) is 14.7. The SMILES string of the molecule is COc1cccc(/C(COc2ccc3c(c2)oc(=O)c2cc(OC)ccc23)=N/O)c1. The second kappa shape index (κ2) is 8.16. The molecule has 0 bridgehead atoms. The van der Waals surface area contributed by atoms with Gasteiger partial charge in [-0.15, -0.1) is 0 Å². The molecule has 0 atom stereocenters. The standard InChI is InChI=1S/C23H19NO6/c1-27-15-5-3-4-14(10-15)21(24-26)13-29-17-7-9-19-18-8-6-16(28-2)11-20(18)23(25)30-22(19)12-17/h3-12,26H,13H2,1-2H3/b24-21+. The average Bonchev–Trinajstić information content (AvgIpc) is 2.79. The maximum Gasteiger partial charge on any atom is 0.344 e. The highest BCUT2D eigenvalue weighted by molar-refractivity contribution is 6.05. The van der Waals surface area contributed by atoms with E-state index in [0.717, 1.165) is 10.8 Å². The first-order valence-corrected chi connectivity index (χ1v) is 9.15. The lowest BCUT2D eigenvalue weighted by Crippen LogP contribution is -2.13. The summed E-state index contributed by atoms with van der Waals surface area (Å²) in [6.45, 7) is 0.0180. The molecular formula is C23H19NO6. The van der Waals surface area contributed by atoms with E-state index in [9.17, 15) is 10.0 Å². The van der Waals surface area contributed by atoms with Gasteiger partial charge < -0.3 is 23.8 Å². The molecule has 0 spiro atoms. The van der Waals surface area contributed by atoms with Crippen molar-refractivity contribution in [3.63, 3.8) is 0 Å². The summed E-state index contributed by atoms with van der Waals surface area (Å²) in [5.74, 6) is 1.70. The molecule has 0 aliphatic heterocycles. The molecule has 0 aliphatic rings. The summed E-state index contributed by atoms with van der Waals surface area (Å²) in [4.78, 5) is 12.4. The highest BCUT2D eigenvalue weighted by atomic mass is 16.5. The zero-order chi connectivity index (χ0) is 21.1. The van der Waals surface area contributed by atoms with E-state index in [4.69, 9.17) is 18.6 Å². The Morgan fingerprint density at radius 2 is 1.63 bits per heavy atom. The molecule has 0 fully saturated rings. The molecule has 152 valence electrons. The maximum atomic E-state index is 12.4. The summed E-state index contributed by atoms with van der Waals surface area (Å²) in [7, 11) is 3.11. The highest BCUT2D eigenvalue weighted by Gasteiger charge is 2.11. The normalized spacial score (nSPS) is 11.6. The number of hydrogen-bond donors (Lipinski definition) is 1. The van der Waals surface area contributed by atoms with Gasteiger partial charge in [0.05, 0.1) is 19.6 Å². The zero-order valence-electron chi connectivity index (χ0n) is 16.4. The fourth-order valence-corrected chi connectivity index (χ4v) is 3.23. The molecule has 0 aliphatic carbocycles. The van der Waals surface area contributed by atoms with Gasteiger partial charge in [-0.1, -0.05) is 17.3 Å². The molecule has 1 heterocycles. The number of ether oxygens (including phenoxy) is 3. The number of nitrogens with zero attached hydrogens (tertiary/aromatic N) is 1. The smallest absolute Gasteiger partial charge is 0.344 e. The van der Waals surface area contributed by atoms with Crippen molar-refractivity contribution in [2.75, 3.05) is 20.8 Å². The second-order valence-electron chi connectivity index (χ2n) is 6.53. The van der Waals surface area contributed by atoms with Gasteiger partial charge in [-0.25, -0.2) is 4.79 Å². The molecule has 3 aromatic carbocycles. The Morgan fingerprint density at radius 1 is 0.900 bits per heavy atom. The molecular weight excluding hydrogens is 386 g/mol. The van der Waals surface area contributed by atoms with E-state index >= 15 is 0 Å². The molecule has 4 rings (SSSR count). The van der Waals surface area contributed by atoms with E-state index in [1.807, 2.05) is 12.1 Å². The molecule has 0 radical (unpaired) electrons. The molecule has 0 saturated carbocycles. The van der Waals surface area contributed by atoms with Crippen molar-refractivity contribution in [2.24, 2.45) is 5.16 Å². The Bertz CT molecular complexity index is 1310. The summed E-state index contributed by atoms with van der Waals surface area (Å²) < 4.78 is 21.6. The summed E-state index contributed by atoms with van der Waals surface area (Å²) in [5.41, 5.74) is 0.951. The van der Waals surface area contributed by atoms with Crippen molar-refractivity contribution in [2.45, 2.75) is 0 Å². The zero-order valence-corrected chi connectivity index (χ0v) is 16.4. The number of methoxy groups -OCH3 is 2. The third kappa shape index (κ3) is 3.65. The lowest BCUT2D eigenvalue weighted by molar-refractivity contribution is 0.308. The number of hydrogen-bond acceptors (Lipinski definition) is 7. The Hall–Kier alpha value is -4.00. The predicted octanol–water partition coefficient (Wildman–Crippen LogP) is 4.22. The van der Waals surface area contributed by atoms with E-state index in [1.54, 1.807) is 62.8 Å². The second-order valence-corrected chi connectivity index (χ2v) is 6.53. The maximum absolute atomic E-state index is 12.4. The van der Waals surface area contributed by atoms with Gasteiger partial charge in [0, 0.05) is 22.4 Å². The van der Waals surface area contributed by atoms with Crippen LogP contribution in [0.5, 0.6) is 17.2 Å². The van der Waals surface area contributed by atoms with E-state index in [0.29, 0.717) is 39.5 Å². The van der Waals surface area contributed by atoms with E-state index in [2.05, 4.69) is 5.16 Å². The van der Waals surface area contributed by atoms with Crippen LogP contribution in [-0.4, -0.2) is 31.7 Å². The van der Waals surface area contributed by atoms with Gasteiger partial charge in [-0.3, -0.25) is 0 Å². The minimum atomic E-state index is -0.456. The quantitative estimate of drug-likeness (QED) is 0.170. The van der Waals surface area contributed by atoms with Crippen LogP contribution < -0.4 is 19.8 Å². The van der Waals surface area contributed by atoms with E-state index in [1.165, 1.54) is 0 Å². The lowest BCUT2D eigenvalue weighted by Gasteiger charge is -2.10. The van der Waals surface area contributed by atoms with Gasteiger partial charge >= 0.3 is 5.63 Å². The predicted molar refractivity (Wildman–Crippen MR) is 113 cm³/mol. The monoisotopic (exact) mass is 405 g/mol. The fourth-order valence-electron chi connectivity index (χ4n) is 3.23. The van der Waals surface area contributed by atoms with Crippen LogP contribution in [0.1, 0.15) is 5.56 Å². The molecule has 7 heteroatoms. The van der Waals surface area contributed by atoms with Crippen LogP contribution in [0.15, 0.2) is 75.0 Å². The van der Waals surface area contributed by atoms with Crippen molar-refractivity contribution in [3.8, 4) is 17.2 Å². The highest BCUT2D eigenvalue weighted by Crippen LogP contribution is 2.28. The first-order chi connectivity index (χ1) is 14.6. The van der Waals surface area contributed by atoms with Crippen LogP contribution in [-0.2, 0) is 0 Å². The van der Waals surface area contributed by atoms with Crippen LogP contribution in [0.2, 0.25) is 0 Å². The Kier molecular flexibility index (Phi) is 5.26. The molecule has 1 N–H and O–H groups in total. The molecule has 0 amide bonds. The Labute approximate surface area is 171 Å². The number of fused-ring (bicyclic) bond motifs is 3. The summed E-state index contributed by atoms with van der Waals surface area (Å²) in [6, 6.07) is 17.6. The van der Waals surface area contributed by atoms with Gasteiger partial charge in [-0.2, -0.15) is 0 Å². The topological polar surface area (TPSA) is 90.5 Å². The van der Waals surface area contributed by atoms with Crippen LogP contribution in [0, 0.1) is 0 Å². The average molecular weight is 405 g/mol. The summed E-state index contributed by atoms with van der Waals surface area (Å²) in [6.07, 6.45) is 0. The minimum absolute atomic E-state index is 0.0180. The molecule has 7 nitrogen and oxygen atoms in total. The largest absolute Gasteiger partial charge is 0.497 e. The van der Waals surface area contributed by atoms with Gasteiger partial charge in [0.25, 0.3) is 0 Å². The van der Waals surface area contributed by atoms with Gasteiger partial charge in [0.1, 0.15) is 35.2 Å². The molecule has 4 aromatic rings. The Morgan fingerprint density at radius 3 is 2.40 bits per heavy atom.